The Bertz CT molecular complexity index is 1410. The van der Waals surface area contributed by atoms with Crippen molar-refractivity contribution in [2.75, 3.05) is 20.2 Å². The van der Waals surface area contributed by atoms with E-state index in [2.05, 4.69) is 54.9 Å². The molecule has 2 aromatic carbocycles. The second-order valence-corrected chi connectivity index (χ2v) is 11.4. The van der Waals surface area contributed by atoms with Crippen LogP contribution in [0, 0.1) is 17.7 Å². The van der Waals surface area contributed by atoms with Crippen molar-refractivity contribution in [1.82, 2.24) is 9.88 Å². The summed E-state index contributed by atoms with van der Waals surface area (Å²) in [5, 5.41) is 11.8. The fourth-order valence-corrected chi connectivity index (χ4v) is 6.48. The number of fused-ring (bicyclic) bond motifs is 1. The number of halogens is 1. The van der Waals surface area contributed by atoms with Gasteiger partial charge in [0.1, 0.15) is 17.7 Å². The third kappa shape index (κ3) is 6.70. The Kier molecular flexibility index (Phi) is 10.7. The summed E-state index contributed by atoms with van der Waals surface area (Å²) >= 11 is 0. The van der Waals surface area contributed by atoms with Crippen LogP contribution >= 0.6 is 0 Å². The van der Waals surface area contributed by atoms with Gasteiger partial charge in [-0.15, -0.1) is 0 Å². The molecule has 4 atom stereocenters. The topological polar surface area (TPSA) is 74.7 Å². The van der Waals surface area contributed by atoms with Gasteiger partial charge in [-0.2, -0.15) is 0 Å². The first-order chi connectivity index (χ1) is 19.7. The largest absolute Gasteiger partial charge is 1.00 e. The molecule has 0 spiro atoms. The maximum absolute atomic E-state index is 15.1. The number of pyridine rings is 1. The molecule has 218 valence electrons. The average molecular weight is 583 g/mol. The van der Waals surface area contributed by atoms with Crippen LogP contribution in [0.1, 0.15) is 87.3 Å². The van der Waals surface area contributed by atoms with E-state index in [0.29, 0.717) is 17.4 Å². The normalized spacial score (nSPS) is 18.3. The van der Waals surface area contributed by atoms with Crippen LogP contribution in [-0.4, -0.2) is 36.1 Å². The Morgan fingerprint density at radius 3 is 2.48 bits per heavy atom. The molecule has 0 amide bonds. The van der Waals surface area contributed by atoms with Gasteiger partial charge in [-0.3, -0.25) is 4.90 Å². The molecule has 1 aliphatic heterocycles. The smallest absolute Gasteiger partial charge is 0.550 e. The monoisotopic (exact) mass is 582 g/mol. The van der Waals surface area contributed by atoms with Crippen LogP contribution in [0.3, 0.4) is 0 Å². The van der Waals surface area contributed by atoms with E-state index in [1.165, 1.54) is 13.3 Å². The van der Waals surface area contributed by atoms with E-state index >= 15 is 4.39 Å². The third-order valence-corrected chi connectivity index (χ3v) is 9.05. The summed E-state index contributed by atoms with van der Waals surface area (Å²) in [5.41, 5.74) is 5.50. The van der Waals surface area contributed by atoms with Crippen LogP contribution in [0.5, 0.6) is 11.6 Å². The predicted octanol–water partition coefficient (Wildman–Crippen LogP) is 3.25. The molecule has 1 aliphatic carbocycles. The van der Waals surface area contributed by atoms with E-state index in [4.69, 9.17) is 9.47 Å². The molecule has 1 saturated carbocycles. The number of aryl methyl sites for hydroxylation is 1. The van der Waals surface area contributed by atoms with E-state index in [1.807, 2.05) is 12.1 Å². The number of aromatic nitrogens is 1. The number of carboxylic acid groups (broad SMARTS) is 1. The number of carbonyl (C=O) groups is 1. The molecule has 42 heavy (non-hydrogen) atoms. The van der Waals surface area contributed by atoms with Crippen LogP contribution in [-0.2, 0) is 11.2 Å². The average Bonchev–Trinajstić information content (AvgIpc) is 3.82. The molecule has 2 unspecified atom stereocenters. The van der Waals surface area contributed by atoms with Gasteiger partial charge in [0.2, 0.25) is 5.88 Å². The maximum Gasteiger partial charge on any atom is 1.00 e. The summed E-state index contributed by atoms with van der Waals surface area (Å²) in [5.74, 6) is -0.445. The summed E-state index contributed by atoms with van der Waals surface area (Å²) in [4.78, 5) is 18.1. The number of nitrogens with zero attached hydrogens (tertiary/aromatic N) is 2. The number of carboxylic acids is 1. The zero-order valence-corrected chi connectivity index (χ0v) is 27.7. The number of methoxy groups -OCH3 is 1. The fourth-order valence-electron chi connectivity index (χ4n) is 6.48. The first-order valence-electron chi connectivity index (χ1n) is 14.8. The molecule has 0 bridgehead atoms. The standard InChI is InChI=1S/C34H41FN2O4.Na/c1-6-37(7-2)21(4)27-16-24(12-14-26(27)28-18-32(40-5)36-19-29(28)35)30-15-13-22-8-11-25(17-31(22)41-30)33(23-9-10-23)20(3)34(38)39;/h8,11-12,14,16-21,23,30,33H,6-7,9-10,13,15H2,1-5H3,(H,38,39);/q;+1/p-1/t20-,21?,30?,33-;/m0./s1. The van der Waals surface area contributed by atoms with Crippen LogP contribution < -0.4 is 44.1 Å². The zero-order chi connectivity index (χ0) is 29.3. The summed E-state index contributed by atoms with van der Waals surface area (Å²) in [7, 11) is 1.53. The summed E-state index contributed by atoms with van der Waals surface area (Å²) < 4.78 is 27.0. The number of rotatable bonds is 11. The van der Waals surface area contributed by atoms with Crippen molar-refractivity contribution in [2.24, 2.45) is 11.8 Å². The number of ether oxygens (including phenoxy) is 2. The Morgan fingerprint density at radius 1 is 1.10 bits per heavy atom. The Balaban J connectivity index is 0.00000405. The third-order valence-electron chi connectivity index (χ3n) is 9.05. The Morgan fingerprint density at radius 2 is 1.83 bits per heavy atom. The SMILES string of the molecule is CCN(CC)C(C)c1cc(C2CCc3ccc([C@H](C4CC4)[C@H](C)C(=O)[O-])cc3O2)ccc1-c1cc(OC)ncc1F.[Na+]. The number of hydrogen-bond donors (Lipinski definition) is 0. The molecule has 8 heteroatoms. The van der Waals surface area contributed by atoms with E-state index in [-0.39, 0.29) is 47.6 Å². The fraction of sp³-hybridized carbons (Fsp3) is 0.471. The molecule has 1 aromatic heterocycles. The molecule has 2 aliphatic rings. The van der Waals surface area contributed by atoms with Crippen molar-refractivity contribution in [3.63, 3.8) is 0 Å². The van der Waals surface area contributed by atoms with Gasteiger partial charge >= 0.3 is 29.6 Å². The van der Waals surface area contributed by atoms with E-state index in [0.717, 1.165) is 72.3 Å². The van der Waals surface area contributed by atoms with Gasteiger partial charge in [0.25, 0.3) is 0 Å². The Hall–Kier alpha value is -2.45. The second kappa shape index (κ2) is 13.9. The summed E-state index contributed by atoms with van der Waals surface area (Å²) in [6, 6.07) is 14.1. The van der Waals surface area contributed by atoms with Crippen molar-refractivity contribution in [2.45, 2.75) is 71.4 Å². The summed E-state index contributed by atoms with van der Waals surface area (Å²) in [6.45, 7) is 9.91. The minimum Gasteiger partial charge on any atom is -0.550 e. The van der Waals surface area contributed by atoms with Gasteiger partial charge in [0.15, 0.2) is 0 Å². The van der Waals surface area contributed by atoms with Gasteiger partial charge in [-0.05, 0) is 97.5 Å². The first kappa shape index (κ1) is 32.5. The van der Waals surface area contributed by atoms with E-state index in [9.17, 15) is 9.90 Å². The van der Waals surface area contributed by atoms with Crippen molar-refractivity contribution < 1.29 is 53.3 Å². The van der Waals surface area contributed by atoms with Gasteiger partial charge in [0, 0.05) is 29.6 Å². The van der Waals surface area contributed by atoms with Gasteiger partial charge in [-0.25, -0.2) is 9.37 Å². The molecule has 5 rings (SSSR count). The number of aliphatic carboxylic acids is 1. The van der Waals surface area contributed by atoms with Crippen LogP contribution in [0.4, 0.5) is 4.39 Å². The molecule has 2 heterocycles. The quantitative estimate of drug-likeness (QED) is 0.323. The van der Waals surface area contributed by atoms with E-state index in [1.54, 1.807) is 13.0 Å². The van der Waals surface area contributed by atoms with Crippen molar-refractivity contribution in [1.29, 1.82) is 0 Å². The first-order valence-corrected chi connectivity index (χ1v) is 14.8. The van der Waals surface area contributed by atoms with Gasteiger partial charge < -0.3 is 19.4 Å². The van der Waals surface area contributed by atoms with Crippen LogP contribution in [0.2, 0.25) is 0 Å². The molecule has 0 N–H and O–H groups in total. The predicted molar refractivity (Wildman–Crippen MR) is 155 cm³/mol. The van der Waals surface area contributed by atoms with Crippen molar-refractivity contribution >= 4 is 5.97 Å². The molecular weight excluding hydrogens is 542 g/mol. The van der Waals surface area contributed by atoms with E-state index < -0.39 is 17.7 Å². The number of carbonyl (C=O) groups excluding carboxylic acids is 1. The van der Waals surface area contributed by atoms with Gasteiger partial charge in [-0.1, -0.05) is 45.0 Å². The molecule has 6 nitrogen and oxygen atoms in total. The van der Waals surface area contributed by atoms with Gasteiger partial charge in [0.05, 0.1) is 13.3 Å². The Labute approximate surface area is 270 Å². The number of benzene rings is 2. The van der Waals surface area contributed by atoms with Crippen molar-refractivity contribution in [3.8, 4) is 22.8 Å². The molecule has 3 aromatic rings. The summed E-state index contributed by atoms with van der Waals surface area (Å²) in [6.07, 6.45) is 4.83. The molecular formula is C34H40FN2NaO4. The zero-order valence-electron chi connectivity index (χ0n) is 25.7. The van der Waals surface area contributed by atoms with Crippen molar-refractivity contribution in [3.05, 3.63) is 76.7 Å². The minimum atomic E-state index is -1.00. The molecule has 0 radical (unpaired) electrons. The second-order valence-electron chi connectivity index (χ2n) is 11.4. The molecule has 0 saturated heterocycles. The van der Waals surface area contributed by atoms with Crippen LogP contribution in [0.25, 0.3) is 11.1 Å². The molecule has 1 fully saturated rings. The van der Waals surface area contributed by atoms with Crippen LogP contribution in [0.15, 0.2) is 48.7 Å². The maximum atomic E-state index is 15.1. The minimum absolute atomic E-state index is 0. The number of hydrogen-bond acceptors (Lipinski definition) is 6.